The van der Waals surface area contributed by atoms with Crippen molar-refractivity contribution in [3.05, 3.63) is 34.4 Å². The molecule has 0 amide bonds. The van der Waals surface area contributed by atoms with Gasteiger partial charge in [0.25, 0.3) is 5.69 Å². The van der Waals surface area contributed by atoms with Gasteiger partial charge in [-0.2, -0.15) is 0 Å². The van der Waals surface area contributed by atoms with Crippen LogP contribution in [0.5, 0.6) is 0 Å². The Morgan fingerprint density at radius 1 is 1.35 bits per heavy atom. The molecule has 20 heavy (non-hydrogen) atoms. The molecule has 2 bridgehead atoms. The fourth-order valence-corrected chi connectivity index (χ4v) is 3.72. The van der Waals surface area contributed by atoms with Crippen LogP contribution < -0.4 is 10.6 Å². The first kappa shape index (κ1) is 13.3. The number of non-ortho nitro benzene ring substituents is 1. The summed E-state index contributed by atoms with van der Waals surface area (Å²) < 4.78 is 0. The van der Waals surface area contributed by atoms with Crippen LogP contribution >= 0.6 is 12.2 Å². The zero-order chi connectivity index (χ0) is 14.1. The number of rotatable bonds is 3. The molecule has 2 fully saturated rings. The lowest BCUT2D eigenvalue weighted by Gasteiger charge is -2.24. The highest BCUT2D eigenvalue weighted by atomic mass is 32.1. The lowest BCUT2D eigenvalue weighted by Crippen LogP contribution is -2.40. The van der Waals surface area contributed by atoms with Crippen molar-refractivity contribution in [3.63, 3.8) is 0 Å². The second-order valence-electron chi connectivity index (χ2n) is 5.69. The summed E-state index contributed by atoms with van der Waals surface area (Å²) in [7, 11) is 0. The first-order valence-electron chi connectivity index (χ1n) is 6.94. The fourth-order valence-electron chi connectivity index (χ4n) is 3.45. The number of benzene rings is 1. The van der Waals surface area contributed by atoms with E-state index in [1.165, 1.54) is 37.8 Å². The molecular formula is C14H17N3O2S. The highest BCUT2D eigenvalue weighted by molar-refractivity contribution is 7.80. The van der Waals surface area contributed by atoms with E-state index in [0.29, 0.717) is 16.8 Å². The van der Waals surface area contributed by atoms with Gasteiger partial charge in [-0.25, -0.2) is 0 Å². The lowest BCUT2D eigenvalue weighted by molar-refractivity contribution is -0.384. The molecule has 1 aromatic rings. The normalized spacial score (nSPS) is 27.3. The average Bonchev–Trinajstić information content (AvgIpc) is 3.01. The maximum atomic E-state index is 10.7. The quantitative estimate of drug-likeness (QED) is 0.509. The van der Waals surface area contributed by atoms with Gasteiger partial charge in [0.15, 0.2) is 5.11 Å². The number of anilines is 1. The molecule has 2 aliphatic rings. The van der Waals surface area contributed by atoms with E-state index in [-0.39, 0.29) is 5.69 Å². The summed E-state index contributed by atoms with van der Waals surface area (Å²) in [6, 6.07) is 6.86. The Balaban J connectivity index is 1.59. The topological polar surface area (TPSA) is 67.2 Å². The van der Waals surface area contributed by atoms with Crippen molar-refractivity contribution in [2.45, 2.75) is 31.7 Å². The molecule has 0 saturated heterocycles. The van der Waals surface area contributed by atoms with E-state index in [2.05, 4.69) is 10.6 Å². The molecule has 2 saturated carbocycles. The molecule has 5 nitrogen and oxygen atoms in total. The minimum atomic E-state index is -0.405. The van der Waals surface area contributed by atoms with Gasteiger partial charge in [-0.1, -0.05) is 12.5 Å². The van der Waals surface area contributed by atoms with Crippen molar-refractivity contribution < 1.29 is 4.92 Å². The Kier molecular flexibility index (Phi) is 3.56. The van der Waals surface area contributed by atoms with Gasteiger partial charge in [0.2, 0.25) is 0 Å². The van der Waals surface area contributed by atoms with Gasteiger partial charge in [-0.3, -0.25) is 10.1 Å². The third-order valence-corrected chi connectivity index (χ3v) is 4.59. The molecule has 1 aromatic carbocycles. The van der Waals surface area contributed by atoms with Crippen LogP contribution in [0, 0.1) is 22.0 Å². The second-order valence-corrected chi connectivity index (χ2v) is 6.10. The van der Waals surface area contributed by atoms with Crippen LogP contribution in [0.1, 0.15) is 25.7 Å². The lowest BCUT2D eigenvalue weighted by atomic mass is 9.96. The van der Waals surface area contributed by atoms with Crippen molar-refractivity contribution in [2.24, 2.45) is 11.8 Å². The van der Waals surface area contributed by atoms with Gasteiger partial charge in [-0.15, -0.1) is 0 Å². The molecule has 0 spiro atoms. The molecule has 0 heterocycles. The molecule has 3 rings (SSSR count). The van der Waals surface area contributed by atoms with Crippen LogP contribution in [0.15, 0.2) is 24.3 Å². The number of fused-ring (bicyclic) bond motifs is 2. The zero-order valence-corrected chi connectivity index (χ0v) is 11.9. The van der Waals surface area contributed by atoms with E-state index < -0.39 is 4.92 Å². The SMILES string of the molecule is O=[N+]([O-])c1cccc(NC(=S)N[C@@H]2C[C@H]3CC[C@@H]2C3)c1. The van der Waals surface area contributed by atoms with Gasteiger partial charge in [0.1, 0.15) is 0 Å². The third kappa shape index (κ3) is 2.75. The molecule has 0 radical (unpaired) electrons. The first-order valence-corrected chi connectivity index (χ1v) is 7.34. The van der Waals surface area contributed by atoms with Crippen LogP contribution in [0.3, 0.4) is 0 Å². The predicted molar refractivity (Wildman–Crippen MR) is 81.7 cm³/mol. The summed E-state index contributed by atoms with van der Waals surface area (Å²) in [4.78, 5) is 10.3. The van der Waals surface area contributed by atoms with E-state index in [0.717, 1.165) is 11.8 Å². The molecule has 0 aliphatic heterocycles. The number of hydrogen-bond acceptors (Lipinski definition) is 3. The summed E-state index contributed by atoms with van der Waals surface area (Å²) in [5.41, 5.74) is 0.720. The smallest absolute Gasteiger partial charge is 0.271 e. The molecular weight excluding hydrogens is 274 g/mol. The summed E-state index contributed by atoms with van der Waals surface area (Å²) in [6.07, 6.45) is 5.16. The molecule has 6 heteroatoms. The second kappa shape index (κ2) is 5.36. The average molecular weight is 291 g/mol. The first-order chi connectivity index (χ1) is 9.61. The number of hydrogen-bond donors (Lipinski definition) is 2. The summed E-state index contributed by atoms with van der Waals surface area (Å²) >= 11 is 5.31. The highest BCUT2D eigenvalue weighted by Gasteiger charge is 2.39. The van der Waals surface area contributed by atoms with Crippen LogP contribution in [0.25, 0.3) is 0 Å². The Morgan fingerprint density at radius 3 is 2.85 bits per heavy atom. The van der Waals surface area contributed by atoms with Crippen molar-refractivity contribution in [3.8, 4) is 0 Å². The summed E-state index contributed by atoms with van der Waals surface area (Å²) in [5, 5.41) is 17.7. The Morgan fingerprint density at radius 2 is 2.20 bits per heavy atom. The minimum absolute atomic E-state index is 0.0673. The molecule has 2 aliphatic carbocycles. The standard InChI is InChI=1S/C14H17N3O2S/c18-17(19)12-3-1-2-11(8-12)15-14(20)16-13-7-9-4-5-10(13)6-9/h1-3,8-10,13H,4-7H2,(H2,15,16,20)/t9-,10+,13+/m0/s1. The molecule has 2 N–H and O–H groups in total. The summed E-state index contributed by atoms with van der Waals surface area (Å²) in [6.45, 7) is 0. The van der Waals surface area contributed by atoms with E-state index in [9.17, 15) is 10.1 Å². The van der Waals surface area contributed by atoms with Crippen LogP contribution in [-0.2, 0) is 0 Å². The summed E-state index contributed by atoms with van der Waals surface area (Å²) in [5.74, 6) is 1.60. The molecule has 3 atom stereocenters. The fraction of sp³-hybridized carbons (Fsp3) is 0.500. The minimum Gasteiger partial charge on any atom is -0.359 e. The maximum Gasteiger partial charge on any atom is 0.271 e. The largest absolute Gasteiger partial charge is 0.359 e. The van der Waals surface area contributed by atoms with Gasteiger partial charge < -0.3 is 10.6 Å². The van der Waals surface area contributed by atoms with E-state index in [1.807, 2.05) is 0 Å². The maximum absolute atomic E-state index is 10.7. The van der Waals surface area contributed by atoms with Crippen molar-refractivity contribution >= 4 is 28.7 Å². The predicted octanol–water partition coefficient (Wildman–Crippen LogP) is 3.07. The van der Waals surface area contributed by atoms with E-state index in [1.54, 1.807) is 12.1 Å². The Bertz CT molecular complexity index is 549. The number of nitro groups is 1. The Hall–Kier alpha value is -1.69. The van der Waals surface area contributed by atoms with Gasteiger partial charge in [-0.05, 0) is 49.4 Å². The van der Waals surface area contributed by atoms with Crippen LogP contribution in [-0.4, -0.2) is 16.1 Å². The van der Waals surface area contributed by atoms with Crippen LogP contribution in [0.4, 0.5) is 11.4 Å². The van der Waals surface area contributed by atoms with E-state index in [4.69, 9.17) is 12.2 Å². The monoisotopic (exact) mass is 291 g/mol. The van der Waals surface area contributed by atoms with E-state index >= 15 is 0 Å². The van der Waals surface area contributed by atoms with Crippen molar-refractivity contribution in [2.75, 3.05) is 5.32 Å². The van der Waals surface area contributed by atoms with Gasteiger partial charge in [0.05, 0.1) is 4.92 Å². The van der Waals surface area contributed by atoms with Crippen LogP contribution in [0.2, 0.25) is 0 Å². The number of thiocarbonyl (C=S) groups is 1. The number of nitrogens with zero attached hydrogens (tertiary/aromatic N) is 1. The third-order valence-electron chi connectivity index (χ3n) is 4.37. The molecule has 0 aromatic heterocycles. The molecule has 0 unspecified atom stereocenters. The molecule has 106 valence electrons. The highest BCUT2D eigenvalue weighted by Crippen LogP contribution is 2.44. The Labute approximate surface area is 122 Å². The van der Waals surface area contributed by atoms with Gasteiger partial charge >= 0.3 is 0 Å². The van der Waals surface area contributed by atoms with Crippen molar-refractivity contribution in [1.82, 2.24) is 5.32 Å². The van der Waals surface area contributed by atoms with Gasteiger partial charge in [0, 0.05) is 23.9 Å². The number of nitrogens with one attached hydrogen (secondary N) is 2. The van der Waals surface area contributed by atoms with Crippen molar-refractivity contribution in [1.29, 1.82) is 0 Å². The number of nitro benzene ring substituents is 1. The zero-order valence-electron chi connectivity index (χ0n) is 11.0.